The maximum atomic E-state index is 12.9. The van der Waals surface area contributed by atoms with Gasteiger partial charge in [-0.15, -0.1) is 0 Å². The van der Waals surface area contributed by atoms with Crippen LogP contribution in [0.15, 0.2) is 54.6 Å². The monoisotopic (exact) mass is 421 g/mol. The van der Waals surface area contributed by atoms with E-state index in [0.717, 1.165) is 12.0 Å². The van der Waals surface area contributed by atoms with Gasteiger partial charge in [0.1, 0.15) is 6.04 Å². The Kier molecular flexibility index (Phi) is 7.82. The SMILES string of the molecule is CCCNC(=O)[C@@H](NC(=O)c1ccc(C)cc1)C1CCN(C(=O)c2ccccc2)CC1. The lowest BCUT2D eigenvalue weighted by atomic mass is 9.88. The Morgan fingerprint density at radius 2 is 1.61 bits per heavy atom. The largest absolute Gasteiger partial charge is 0.354 e. The van der Waals surface area contributed by atoms with Crippen LogP contribution in [0.2, 0.25) is 0 Å². The van der Waals surface area contributed by atoms with Crippen LogP contribution in [-0.4, -0.2) is 48.3 Å². The minimum absolute atomic E-state index is 0.00901. The Morgan fingerprint density at radius 1 is 0.968 bits per heavy atom. The Labute approximate surface area is 184 Å². The molecule has 6 nitrogen and oxygen atoms in total. The normalized spacial score (nSPS) is 15.2. The van der Waals surface area contributed by atoms with Gasteiger partial charge in [0.05, 0.1) is 0 Å². The standard InChI is InChI=1S/C25H31N3O3/c1-3-15-26-24(30)22(27-23(29)20-11-9-18(2)10-12-20)19-13-16-28(17-14-19)25(31)21-7-5-4-6-8-21/h4-12,19,22H,3,13-17H2,1-2H3,(H,26,30)(H,27,29)/t22-/m0/s1. The molecular weight excluding hydrogens is 390 g/mol. The number of carbonyl (C=O) groups excluding carboxylic acids is 3. The first-order valence-electron chi connectivity index (χ1n) is 11.0. The van der Waals surface area contributed by atoms with Crippen LogP contribution in [0.5, 0.6) is 0 Å². The molecule has 3 amide bonds. The number of hydrogen-bond donors (Lipinski definition) is 2. The van der Waals surface area contributed by atoms with Gasteiger partial charge in [-0.05, 0) is 56.4 Å². The van der Waals surface area contributed by atoms with Gasteiger partial charge in [-0.2, -0.15) is 0 Å². The second kappa shape index (κ2) is 10.8. The summed E-state index contributed by atoms with van der Waals surface area (Å²) in [5.41, 5.74) is 2.28. The summed E-state index contributed by atoms with van der Waals surface area (Å²) in [6, 6.07) is 15.9. The molecule has 1 saturated heterocycles. The quantitative estimate of drug-likeness (QED) is 0.721. The number of hydrogen-bond acceptors (Lipinski definition) is 3. The minimum Gasteiger partial charge on any atom is -0.354 e. The van der Waals surface area contributed by atoms with Crippen LogP contribution >= 0.6 is 0 Å². The predicted octanol–water partition coefficient (Wildman–Crippen LogP) is 3.17. The molecule has 2 N–H and O–H groups in total. The molecule has 0 saturated carbocycles. The van der Waals surface area contributed by atoms with E-state index >= 15 is 0 Å². The first kappa shape index (κ1) is 22.5. The van der Waals surface area contributed by atoms with Crippen molar-refractivity contribution in [3.8, 4) is 0 Å². The average Bonchev–Trinajstić information content (AvgIpc) is 2.81. The lowest BCUT2D eigenvalue weighted by molar-refractivity contribution is -0.124. The fourth-order valence-corrected chi connectivity index (χ4v) is 3.88. The maximum absolute atomic E-state index is 12.9. The zero-order chi connectivity index (χ0) is 22.2. The van der Waals surface area contributed by atoms with Crippen LogP contribution in [0.3, 0.4) is 0 Å². The third-order valence-electron chi connectivity index (χ3n) is 5.75. The number of piperidine rings is 1. The fraction of sp³-hybridized carbons (Fsp3) is 0.400. The number of nitrogens with zero attached hydrogens (tertiary/aromatic N) is 1. The summed E-state index contributed by atoms with van der Waals surface area (Å²) in [6.07, 6.45) is 2.16. The van der Waals surface area contributed by atoms with E-state index in [0.29, 0.717) is 43.6 Å². The molecule has 1 aliphatic heterocycles. The molecule has 164 valence electrons. The van der Waals surface area contributed by atoms with Crippen molar-refractivity contribution in [2.45, 2.75) is 39.2 Å². The highest BCUT2D eigenvalue weighted by atomic mass is 16.2. The minimum atomic E-state index is -0.616. The van der Waals surface area contributed by atoms with Crippen LogP contribution in [-0.2, 0) is 4.79 Å². The predicted molar refractivity (Wildman–Crippen MR) is 121 cm³/mol. The van der Waals surface area contributed by atoms with Crippen LogP contribution in [0.1, 0.15) is 52.5 Å². The van der Waals surface area contributed by atoms with E-state index in [2.05, 4.69) is 10.6 Å². The molecule has 1 fully saturated rings. The second-order valence-corrected chi connectivity index (χ2v) is 8.10. The summed E-state index contributed by atoms with van der Waals surface area (Å²) >= 11 is 0. The molecule has 0 spiro atoms. The highest BCUT2D eigenvalue weighted by Gasteiger charge is 2.34. The van der Waals surface area contributed by atoms with Crippen LogP contribution in [0.4, 0.5) is 0 Å². The van der Waals surface area contributed by atoms with Gasteiger partial charge < -0.3 is 15.5 Å². The van der Waals surface area contributed by atoms with Crippen LogP contribution < -0.4 is 10.6 Å². The summed E-state index contributed by atoms with van der Waals surface area (Å²) in [6.45, 7) is 5.66. The molecule has 0 unspecified atom stereocenters. The molecule has 2 aromatic rings. The third kappa shape index (κ3) is 5.94. The van der Waals surface area contributed by atoms with Crippen molar-refractivity contribution in [1.82, 2.24) is 15.5 Å². The van der Waals surface area contributed by atoms with E-state index in [1.807, 2.05) is 61.2 Å². The molecule has 2 aromatic carbocycles. The molecule has 0 aliphatic carbocycles. The molecule has 1 heterocycles. The number of carbonyl (C=O) groups is 3. The topological polar surface area (TPSA) is 78.5 Å². The van der Waals surface area contributed by atoms with Crippen molar-refractivity contribution >= 4 is 17.7 Å². The smallest absolute Gasteiger partial charge is 0.253 e. The summed E-state index contributed by atoms with van der Waals surface area (Å²) in [7, 11) is 0. The molecule has 0 bridgehead atoms. The highest BCUT2D eigenvalue weighted by molar-refractivity contribution is 5.97. The number of aryl methyl sites for hydroxylation is 1. The Hall–Kier alpha value is -3.15. The molecule has 1 aliphatic rings. The van der Waals surface area contributed by atoms with Gasteiger partial charge in [-0.1, -0.05) is 42.8 Å². The van der Waals surface area contributed by atoms with E-state index in [1.165, 1.54) is 0 Å². The Balaban J connectivity index is 1.67. The zero-order valence-electron chi connectivity index (χ0n) is 18.3. The number of rotatable bonds is 7. The van der Waals surface area contributed by atoms with Crippen molar-refractivity contribution in [3.05, 3.63) is 71.3 Å². The molecule has 31 heavy (non-hydrogen) atoms. The van der Waals surface area contributed by atoms with Gasteiger partial charge in [0.15, 0.2) is 0 Å². The number of nitrogens with one attached hydrogen (secondary N) is 2. The third-order valence-corrected chi connectivity index (χ3v) is 5.75. The molecule has 1 atom stereocenters. The molecule has 0 aromatic heterocycles. The lowest BCUT2D eigenvalue weighted by Crippen LogP contribution is -2.54. The summed E-state index contributed by atoms with van der Waals surface area (Å²) in [5.74, 6) is -0.421. The van der Waals surface area contributed by atoms with Gasteiger partial charge in [0.25, 0.3) is 11.8 Å². The van der Waals surface area contributed by atoms with Crippen molar-refractivity contribution in [2.75, 3.05) is 19.6 Å². The first-order valence-corrected chi connectivity index (χ1v) is 11.0. The van der Waals surface area contributed by atoms with E-state index < -0.39 is 6.04 Å². The number of likely N-dealkylation sites (tertiary alicyclic amines) is 1. The summed E-state index contributed by atoms with van der Waals surface area (Å²) < 4.78 is 0. The Bertz CT molecular complexity index is 888. The van der Waals surface area contributed by atoms with Crippen molar-refractivity contribution in [3.63, 3.8) is 0 Å². The van der Waals surface area contributed by atoms with E-state index in [9.17, 15) is 14.4 Å². The van der Waals surface area contributed by atoms with Gasteiger partial charge in [-0.25, -0.2) is 0 Å². The van der Waals surface area contributed by atoms with E-state index in [1.54, 1.807) is 12.1 Å². The fourth-order valence-electron chi connectivity index (χ4n) is 3.88. The lowest BCUT2D eigenvalue weighted by Gasteiger charge is -2.36. The molecule has 0 radical (unpaired) electrons. The summed E-state index contributed by atoms with van der Waals surface area (Å²) in [5, 5.41) is 5.87. The van der Waals surface area contributed by atoms with Crippen LogP contribution in [0, 0.1) is 12.8 Å². The molecule has 6 heteroatoms. The Morgan fingerprint density at radius 3 is 2.23 bits per heavy atom. The van der Waals surface area contributed by atoms with Gasteiger partial charge in [0, 0.05) is 30.8 Å². The van der Waals surface area contributed by atoms with Crippen molar-refractivity contribution in [1.29, 1.82) is 0 Å². The van der Waals surface area contributed by atoms with Crippen molar-refractivity contribution in [2.24, 2.45) is 5.92 Å². The molecule has 3 rings (SSSR count). The van der Waals surface area contributed by atoms with Gasteiger partial charge in [-0.3, -0.25) is 14.4 Å². The van der Waals surface area contributed by atoms with Crippen LogP contribution in [0.25, 0.3) is 0 Å². The van der Waals surface area contributed by atoms with E-state index in [4.69, 9.17) is 0 Å². The van der Waals surface area contributed by atoms with Gasteiger partial charge in [0.2, 0.25) is 5.91 Å². The maximum Gasteiger partial charge on any atom is 0.253 e. The second-order valence-electron chi connectivity index (χ2n) is 8.10. The first-order chi connectivity index (χ1) is 15.0. The zero-order valence-corrected chi connectivity index (χ0v) is 18.3. The molecular formula is C25H31N3O3. The number of benzene rings is 2. The van der Waals surface area contributed by atoms with Gasteiger partial charge >= 0.3 is 0 Å². The summed E-state index contributed by atoms with van der Waals surface area (Å²) in [4.78, 5) is 40.2. The average molecular weight is 422 g/mol. The van der Waals surface area contributed by atoms with Crippen molar-refractivity contribution < 1.29 is 14.4 Å². The highest BCUT2D eigenvalue weighted by Crippen LogP contribution is 2.23. The number of amides is 3. The van der Waals surface area contributed by atoms with E-state index in [-0.39, 0.29) is 23.6 Å².